The van der Waals surface area contributed by atoms with Crippen LogP contribution in [-0.4, -0.2) is 51.2 Å². The zero-order chi connectivity index (χ0) is 24.6. The molecule has 1 atom stereocenters. The summed E-state index contributed by atoms with van der Waals surface area (Å²) in [7, 11) is 0. The Hall–Kier alpha value is -3.08. The molecule has 0 saturated carbocycles. The summed E-state index contributed by atoms with van der Waals surface area (Å²) in [4.78, 5) is 28.2. The predicted octanol–water partition coefficient (Wildman–Crippen LogP) is 5.30. The summed E-state index contributed by atoms with van der Waals surface area (Å²) in [5.41, 5.74) is 1.11. The van der Waals surface area contributed by atoms with E-state index in [2.05, 4.69) is 15.0 Å². The van der Waals surface area contributed by atoms with Crippen LogP contribution in [0.1, 0.15) is 39.7 Å². The normalized spacial score (nSPS) is 16.2. The van der Waals surface area contributed by atoms with Gasteiger partial charge in [0.2, 0.25) is 0 Å². The molecule has 11 heteroatoms. The van der Waals surface area contributed by atoms with Gasteiger partial charge in [-0.25, -0.2) is 19.3 Å². The van der Waals surface area contributed by atoms with E-state index in [1.165, 1.54) is 48.4 Å². The number of carbonyl (C=O) groups excluding carboxylic acids is 1. The largest absolute Gasteiger partial charge is 0.486 e. The summed E-state index contributed by atoms with van der Waals surface area (Å²) < 4.78 is 55.6. The number of halogens is 4. The first-order valence-corrected chi connectivity index (χ1v) is 11.5. The van der Waals surface area contributed by atoms with Crippen LogP contribution in [0.2, 0.25) is 0 Å². The molecule has 3 heterocycles. The lowest BCUT2D eigenvalue weighted by molar-refractivity contribution is -0.131. The number of amides is 1. The summed E-state index contributed by atoms with van der Waals surface area (Å²) in [6.07, 6.45) is -2.31. The van der Waals surface area contributed by atoms with Crippen molar-refractivity contribution >= 4 is 23.1 Å². The summed E-state index contributed by atoms with van der Waals surface area (Å²) >= 11 is 1.29. The van der Waals surface area contributed by atoms with E-state index in [0.717, 1.165) is 0 Å². The van der Waals surface area contributed by atoms with Crippen molar-refractivity contribution in [3.8, 4) is 10.4 Å². The number of nitrogens with zero attached hydrogens (tertiary/aromatic N) is 5. The first-order chi connectivity index (χ1) is 16.0. The molecule has 180 valence electrons. The van der Waals surface area contributed by atoms with Crippen LogP contribution in [0.15, 0.2) is 30.5 Å². The standard InChI is InChI=1S/C23H23F4N5OS/c1-13-11-28-14(2)29-21(13)32(23(25,26)27)12-18-5-4-10-31(18)22(33)19-20(34-15(3)30-19)16-6-8-17(24)9-7-16/h6-9,11,18H,4-5,10,12H2,1-3H3. The van der Waals surface area contributed by atoms with Crippen molar-refractivity contribution in [3.05, 3.63) is 58.4 Å². The van der Waals surface area contributed by atoms with Gasteiger partial charge in [-0.15, -0.1) is 11.3 Å². The first-order valence-electron chi connectivity index (χ1n) is 10.7. The Labute approximate surface area is 198 Å². The lowest BCUT2D eigenvalue weighted by Crippen LogP contribution is -2.49. The van der Waals surface area contributed by atoms with Gasteiger partial charge < -0.3 is 4.90 Å². The lowest BCUT2D eigenvalue weighted by atomic mass is 10.1. The van der Waals surface area contributed by atoms with Crippen molar-refractivity contribution < 1.29 is 22.4 Å². The molecule has 0 aliphatic carbocycles. The fourth-order valence-corrected chi connectivity index (χ4v) is 5.03. The van der Waals surface area contributed by atoms with Crippen molar-refractivity contribution in [2.45, 2.75) is 46.0 Å². The molecule has 1 aliphatic heterocycles. The SMILES string of the molecule is Cc1ncc(C)c(N(CC2CCCN2C(=O)c2nc(C)sc2-c2ccc(F)cc2)C(F)(F)F)n1. The molecule has 1 unspecified atom stereocenters. The van der Waals surface area contributed by atoms with Gasteiger partial charge in [0.15, 0.2) is 0 Å². The average molecular weight is 494 g/mol. The number of anilines is 1. The summed E-state index contributed by atoms with van der Waals surface area (Å²) in [6.45, 7) is 4.70. The van der Waals surface area contributed by atoms with Crippen molar-refractivity contribution in [1.82, 2.24) is 19.9 Å². The molecule has 3 aromatic rings. The van der Waals surface area contributed by atoms with E-state index in [-0.39, 0.29) is 17.3 Å². The number of likely N-dealkylation sites (tertiary alicyclic amines) is 1. The Morgan fingerprint density at radius 2 is 1.88 bits per heavy atom. The van der Waals surface area contributed by atoms with Crippen molar-refractivity contribution in [3.63, 3.8) is 0 Å². The molecule has 0 bridgehead atoms. The van der Waals surface area contributed by atoms with Gasteiger partial charge in [0, 0.05) is 30.9 Å². The van der Waals surface area contributed by atoms with Crippen molar-refractivity contribution in [1.29, 1.82) is 0 Å². The van der Waals surface area contributed by atoms with E-state index in [9.17, 15) is 22.4 Å². The molecule has 1 fully saturated rings. The number of thiazole rings is 1. The second-order valence-electron chi connectivity index (χ2n) is 8.21. The molecule has 0 spiro atoms. The highest BCUT2D eigenvalue weighted by atomic mass is 32.1. The number of alkyl halides is 3. The molecule has 0 N–H and O–H groups in total. The van der Waals surface area contributed by atoms with Gasteiger partial charge in [0.05, 0.1) is 9.88 Å². The number of hydrogen-bond acceptors (Lipinski definition) is 6. The maximum Gasteiger partial charge on any atom is 0.486 e. The number of aromatic nitrogens is 3. The van der Waals surface area contributed by atoms with Crippen LogP contribution in [0.4, 0.5) is 23.4 Å². The average Bonchev–Trinajstić information content (AvgIpc) is 3.39. The highest BCUT2D eigenvalue weighted by molar-refractivity contribution is 7.15. The van der Waals surface area contributed by atoms with Crippen LogP contribution < -0.4 is 4.90 Å². The number of benzene rings is 1. The second-order valence-corrected chi connectivity index (χ2v) is 9.42. The van der Waals surface area contributed by atoms with Crippen LogP contribution in [0.5, 0.6) is 0 Å². The maximum absolute atomic E-state index is 14.1. The van der Waals surface area contributed by atoms with E-state index in [1.54, 1.807) is 19.1 Å². The molecule has 6 nitrogen and oxygen atoms in total. The van der Waals surface area contributed by atoms with E-state index in [0.29, 0.717) is 45.3 Å². The van der Waals surface area contributed by atoms with Gasteiger partial charge in [-0.05, 0) is 51.3 Å². The van der Waals surface area contributed by atoms with Crippen LogP contribution in [0.3, 0.4) is 0 Å². The third-order valence-electron chi connectivity index (χ3n) is 5.70. The highest BCUT2D eigenvalue weighted by Gasteiger charge is 2.43. The zero-order valence-corrected chi connectivity index (χ0v) is 19.7. The number of carbonyl (C=O) groups is 1. The Kier molecular flexibility index (Phi) is 6.57. The highest BCUT2D eigenvalue weighted by Crippen LogP contribution is 2.35. The fourth-order valence-electron chi connectivity index (χ4n) is 4.11. The minimum absolute atomic E-state index is 0.175. The lowest BCUT2D eigenvalue weighted by Gasteiger charge is -2.33. The first kappa shape index (κ1) is 24.1. The monoisotopic (exact) mass is 493 g/mol. The maximum atomic E-state index is 14.1. The van der Waals surface area contributed by atoms with Crippen molar-refractivity contribution in [2.24, 2.45) is 0 Å². The molecule has 1 amide bonds. The smallest absolute Gasteiger partial charge is 0.332 e. The third-order valence-corrected chi connectivity index (χ3v) is 6.72. The quantitative estimate of drug-likeness (QED) is 0.357. The molecule has 1 saturated heterocycles. The number of hydrogen-bond donors (Lipinski definition) is 0. The predicted molar refractivity (Wildman–Crippen MR) is 121 cm³/mol. The van der Waals surface area contributed by atoms with E-state index >= 15 is 0 Å². The third kappa shape index (κ3) is 4.89. The Morgan fingerprint density at radius 3 is 2.56 bits per heavy atom. The number of rotatable bonds is 5. The van der Waals surface area contributed by atoms with Gasteiger partial charge in [-0.2, -0.15) is 13.2 Å². The van der Waals surface area contributed by atoms with E-state index in [1.807, 2.05) is 0 Å². The zero-order valence-electron chi connectivity index (χ0n) is 18.9. The minimum Gasteiger partial charge on any atom is -0.332 e. The molecule has 1 aromatic carbocycles. The second kappa shape index (κ2) is 9.28. The molecule has 2 aromatic heterocycles. The summed E-state index contributed by atoms with van der Waals surface area (Å²) in [6, 6.07) is 5.04. The Morgan fingerprint density at radius 1 is 1.18 bits per heavy atom. The van der Waals surface area contributed by atoms with Crippen LogP contribution >= 0.6 is 11.3 Å². The van der Waals surface area contributed by atoms with E-state index < -0.39 is 30.6 Å². The van der Waals surface area contributed by atoms with Crippen LogP contribution in [-0.2, 0) is 0 Å². The van der Waals surface area contributed by atoms with Gasteiger partial charge >= 0.3 is 6.30 Å². The van der Waals surface area contributed by atoms with Crippen LogP contribution in [0, 0.1) is 26.6 Å². The molecule has 1 aliphatic rings. The molecule has 34 heavy (non-hydrogen) atoms. The van der Waals surface area contributed by atoms with Crippen molar-refractivity contribution in [2.75, 3.05) is 18.0 Å². The van der Waals surface area contributed by atoms with Gasteiger partial charge in [0.1, 0.15) is 23.2 Å². The molecular formula is C23H23F4N5OS. The van der Waals surface area contributed by atoms with Crippen LogP contribution in [0.25, 0.3) is 10.4 Å². The van der Waals surface area contributed by atoms with Gasteiger partial charge in [-0.3, -0.25) is 9.69 Å². The molecular weight excluding hydrogens is 470 g/mol. The summed E-state index contributed by atoms with van der Waals surface area (Å²) in [5.74, 6) is -0.809. The number of aryl methyl sites for hydroxylation is 3. The fraction of sp³-hybridized carbons (Fsp3) is 0.391. The summed E-state index contributed by atoms with van der Waals surface area (Å²) in [5, 5.41) is 0.641. The Bertz CT molecular complexity index is 1200. The minimum atomic E-state index is -4.68. The molecule has 4 rings (SSSR count). The van der Waals surface area contributed by atoms with Gasteiger partial charge in [0.25, 0.3) is 5.91 Å². The Balaban J connectivity index is 1.64. The molecule has 0 radical (unpaired) electrons. The topological polar surface area (TPSA) is 62.2 Å². The van der Waals surface area contributed by atoms with E-state index in [4.69, 9.17) is 0 Å². The van der Waals surface area contributed by atoms with Gasteiger partial charge in [-0.1, -0.05) is 12.1 Å².